The number of hydrogen-bond donors (Lipinski definition) is 0. The molecule has 16 heavy (non-hydrogen) atoms. The Morgan fingerprint density at radius 3 is 3.12 bits per heavy atom. The Morgan fingerprint density at radius 2 is 2.38 bits per heavy atom. The highest BCUT2D eigenvalue weighted by Crippen LogP contribution is 2.25. The van der Waals surface area contributed by atoms with Crippen molar-refractivity contribution in [1.82, 2.24) is 9.47 Å². The van der Waals surface area contributed by atoms with Crippen LogP contribution in [0.3, 0.4) is 0 Å². The van der Waals surface area contributed by atoms with Crippen molar-refractivity contribution in [3.8, 4) is 0 Å². The Kier molecular flexibility index (Phi) is 3.13. The number of fused-ring (bicyclic) bond motifs is 1. The Labute approximate surface area is 96.4 Å². The van der Waals surface area contributed by atoms with Crippen LogP contribution in [-0.4, -0.2) is 21.9 Å². The van der Waals surface area contributed by atoms with Crippen LogP contribution in [0.5, 0.6) is 0 Å². The third kappa shape index (κ3) is 1.90. The van der Waals surface area contributed by atoms with E-state index in [4.69, 9.17) is 0 Å². The van der Waals surface area contributed by atoms with Crippen molar-refractivity contribution in [2.24, 2.45) is 0 Å². The van der Waals surface area contributed by atoms with Gasteiger partial charge in [0.25, 0.3) is 0 Å². The molecule has 0 radical (unpaired) electrons. The van der Waals surface area contributed by atoms with Gasteiger partial charge in [0.1, 0.15) is 0 Å². The van der Waals surface area contributed by atoms with Crippen molar-refractivity contribution in [3.05, 3.63) is 36.2 Å². The first-order chi connectivity index (χ1) is 7.74. The number of nitrogens with zero attached hydrogens (tertiary/aromatic N) is 2. The Balaban J connectivity index is 2.15. The van der Waals surface area contributed by atoms with Crippen LogP contribution in [0.15, 0.2) is 30.5 Å². The predicted molar refractivity (Wildman–Crippen MR) is 64.0 cm³/mol. The summed E-state index contributed by atoms with van der Waals surface area (Å²) in [6.07, 6.45) is 6.59. The zero-order chi connectivity index (χ0) is 11.5. The van der Waals surface area contributed by atoms with E-state index in [0.29, 0.717) is 0 Å². The standard InChI is InChI=1S/C13H18N2O/c1-3-4-7-13(16)15-10-9-14-8-5-6-12(14)11(15)2/h4-8,11H,3,9-10H2,1-2H3. The van der Waals surface area contributed by atoms with Crippen LogP contribution in [-0.2, 0) is 11.3 Å². The highest BCUT2D eigenvalue weighted by molar-refractivity contribution is 5.87. The molecule has 86 valence electrons. The summed E-state index contributed by atoms with van der Waals surface area (Å²) in [4.78, 5) is 13.9. The van der Waals surface area contributed by atoms with Gasteiger partial charge in [-0.3, -0.25) is 4.79 Å². The monoisotopic (exact) mass is 218 g/mol. The van der Waals surface area contributed by atoms with Gasteiger partial charge in [-0.15, -0.1) is 0 Å². The van der Waals surface area contributed by atoms with E-state index in [1.54, 1.807) is 6.08 Å². The van der Waals surface area contributed by atoms with Gasteiger partial charge in [-0.05, 0) is 31.6 Å². The van der Waals surface area contributed by atoms with Gasteiger partial charge >= 0.3 is 0 Å². The number of carbonyl (C=O) groups excluding carboxylic acids is 1. The average molecular weight is 218 g/mol. The van der Waals surface area contributed by atoms with E-state index >= 15 is 0 Å². The SMILES string of the molecule is CCC=CC(=O)N1CCn2cccc2C1C. The number of allylic oxidation sites excluding steroid dienone is 1. The van der Waals surface area contributed by atoms with E-state index in [1.807, 2.05) is 24.0 Å². The first kappa shape index (κ1) is 11.0. The fourth-order valence-corrected chi connectivity index (χ4v) is 2.19. The van der Waals surface area contributed by atoms with Crippen molar-refractivity contribution in [2.45, 2.75) is 32.9 Å². The molecule has 1 amide bonds. The number of amides is 1. The molecular weight excluding hydrogens is 200 g/mol. The van der Waals surface area contributed by atoms with Crippen molar-refractivity contribution >= 4 is 5.91 Å². The van der Waals surface area contributed by atoms with Crippen LogP contribution < -0.4 is 0 Å². The fraction of sp³-hybridized carbons (Fsp3) is 0.462. The van der Waals surface area contributed by atoms with E-state index in [9.17, 15) is 4.79 Å². The molecule has 0 aromatic carbocycles. The Bertz CT molecular complexity index is 406. The summed E-state index contributed by atoms with van der Waals surface area (Å²) < 4.78 is 2.22. The van der Waals surface area contributed by atoms with E-state index in [-0.39, 0.29) is 11.9 Å². The molecule has 0 fully saturated rings. The normalized spacial score (nSPS) is 20.1. The van der Waals surface area contributed by atoms with Crippen LogP contribution in [0.2, 0.25) is 0 Å². The lowest BCUT2D eigenvalue weighted by Crippen LogP contribution is -2.39. The van der Waals surface area contributed by atoms with Crippen molar-refractivity contribution in [3.63, 3.8) is 0 Å². The highest BCUT2D eigenvalue weighted by Gasteiger charge is 2.25. The summed E-state index contributed by atoms with van der Waals surface area (Å²) in [6, 6.07) is 4.31. The summed E-state index contributed by atoms with van der Waals surface area (Å²) >= 11 is 0. The summed E-state index contributed by atoms with van der Waals surface area (Å²) in [5, 5.41) is 0. The molecule has 0 aliphatic carbocycles. The lowest BCUT2D eigenvalue weighted by atomic mass is 10.1. The summed E-state index contributed by atoms with van der Waals surface area (Å²) in [6.45, 7) is 5.82. The summed E-state index contributed by atoms with van der Waals surface area (Å²) in [5.74, 6) is 0.127. The maximum absolute atomic E-state index is 11.9. The van der Waals surface area contributed by atoms with E-state index in [0.717, 1.165) is 19.5 Å². The van der Waals surface area contributed by atoms with Gasteiger partial charge in [-0.25, -0.2) is 0 Å². The first-order valence-corrected chi connectivity index (χ1v) is 5.86. The Hall–Kier alpha value is -1.51. The number of carbonyl (C=O) groups is 1. The summed E-state index contributed by atoms with van der Waals surface area (Å²) in [7, 11) is 0. The molecule has 0 spiro atoms. The second-order valence-electron chi connectivity index (χ2n) is 4.14. The first-order valence-electron chi connectivity index (χ1n) is 5.86. The van der Waals surface area contributed by atoms with Crippen LogP contribution in [0.25, 0.3) is 0 Å². The average Bonchev–Trinajstić information content (AvgIpc) is 2.75. The number of rotatable bonds is 2. The Morgan fingerprint density at radius 1 is 1.56 bits per heavy atom. The van der Waals surface area contributed by atoms with E-state index in [1.165, 1.54) is 5.69 Å². The van der Waals surface area contributed by atoms with E-state index in [2.05, 4.69) is 23.8 Å². The van der Waals surface area contributed by atoms with Crippen LogP contribution in [0, 0.1) is 0 Å². The molecule has 1 unspecified atom stereocenters. The second kappa shape index (κ2) is 4.56. The zero-order valence-electron chi connectivity index (χ0n) is 9.89. The van der Waals surface area contributed by atoms with Gasteiger partial charge < -0.3 is 9.47 Å². The molecule has 1 aliphatic heterocycles. The number of hydrogen-bond acceptors (Lipinski definition) is 1. The minimum Gasteiger partial charge on any atom is -0.348 e. The van der Waals surface area contributed by atoms with Gasteiger partial charge in [0.2, 0.25) is 5.91 Å². The molecule has 0 saturated carbocycles. The second-order valence-corrected chi connectivity index (χ2v) is 4.14. The van der Waals surface area contributed by atoms with Gasteiger partial charge in [0.15, 0.2) is 0 Å². The van der Waals surface area contributed by atoms with E-state index < -0.39 is 0 Å². The van der Waals surface area contributed by atoms with Crippen molar-refractivity contribution < 1.29 is 4.79 Å². The minimum absolute atomic E-state index is 0.127. The molecule has 0 saturated heterocycles. The lowest BCUT2D eigenvalue weighted by Gasteiger charge is -2.34. The molecule has 2 heterocycles. The molecule has 0 bridgehead atoms. The quantitative estimate of drug-likeness (QED) is 0.699. The topological polar surface area (TPSA) is 25.2 Å². The molecule has 1 atom stereocenters. The third-order valence-corrected chi connectivity index (χ3v) is 3.12. The maximum Gasteiger partial charge on any atom is 0.246 e. The van der Waals surface area contributed by atoms with Crippen LogP contribution in [0.4, 0.5) is 0 Å². The van der Waals surface area contributed by atoms with Gasteiger partial charge in [-0.1, -0.05) is 13.0 Å². The molecule has 3 heteroatoms. The summed E-state index contributed by atoms with van der Waals surface area (Å²) in [5.41, 5.74) is 1.23. The molecule has 1 aromatic heterocycles. The van der Waals surface area contributed by atoms with Crippen molar-refractivity contribution in [1.29, 1.82) is 0 Å². The largest absolute Gasteiger partial charge is 0.348 e. The van der Waals surface area contributed by atoms with Gasteiger partial charge in [-0.2, -0.15) is 0 Å². The molecule has 2 rings (SSSR count). The smallest absolute Gasteiger partial charge is 0.246 e. The molecule has 1 aliphatic rings. The molecular formula is C13H18N2O. The van der Waals surface area contributed by atoms with Gasteiger partial charge in [0.05, 0.1) is 6.04 Å². The van der Waals surface area contributed by atoms with Crippen molar-refractivity contribution in [2.75, 3.05) is 6.54 Å². The number of aromatic nitrogens is 1. The maximum atomic E-state index is 11.9. The van der Waals surface area contributed by atoms with Crippen LogP contribution in [0.1, 0.15) is 32.0 Å². The highest BCUT2D eigenvalue weighted by atomic mass is 16.2. The van der Waals surface area contributed by atoms with Crippen LogP contribution >= 0.6 is 0 Å². The lowest BCUT2D eigenvalue weighted by molar-refractivity contribution is -0.129. The molecule has 0 N–H and O–H groups in total. The third-order valence-electron chi connectivity index (χ3n) is 3.12. The fourth-order valence-electron chi connectivity index (χ4n) is 2.19. The van der Waals surface area contributed by atoms with Gasteiger partial charge in [0, 0.05) is 25.0 Å². The molecule has 1 aromatic rings. The zero-order valence-corrected chi connectivity index (χ0v) is 9.89. The minimum atomic E-state index is 0.127. The predicted octanol–water partition coefficient (Wildman–Crippen LogP) is 2.36. The molecule has 3 nitrogen and oxygen atoms in total.